The van der Waals surface area contributed by atoms with Gasteiger partial charge in [0.2, 0.25) is 0 Å². The van der Waals surface area contributed by atoms with Crippen LogP contribution >= 0.6 is 0 Å². The molecule has 0 amide bonds. The Morgan fingerprint density at radius 1 is 1.00 bits per heavy atom. The van der Waals surface area contributed by atoms with Gasteiger partial charge in [-0.3, -0.25) is 0 Å². The van der Waals surface area contributed by atoms with Crippen LogP contribution in [0.5, 0.6) is 0 Å². The van der Waals surface area contributed by atoms with Gasteiger partial charge >= 0.3 is 0 Å². The molecule has 0 spiro atoms. The number of hydrogen-bond acceptors (Lipinski definition) is 1. The first kappa shape index (κ1) is 13.2. The molecule has 0 saturated heterocycles. The zero-order valence-electron chi connectivity index (χ0n) is 12.3. The fourth-order valence-corrected chi connectivity index (χ4v) is 3.43. The molecular weight excluding hydrogens is 230 g/mol. The Labute approximate surface area is 117 Å². The first-order chi connectivity index (χ1) is 9.25. The molecule has 1 nitrogen and oxygen atoms in total. The second-order valence-electron chi connectivity index (χ2n) is 6.88. The van der Waals surface area contributed by atoms with E-state index in [1.54, 1.807) is 0 Å². The van der Waals surface area contributed by atoms with Crippen molar-refractivity contribution >= 4 is 0 Å². The van der Waals surface area contributed by atoms with Gasteiger partial charge in [0.25, 0.3) is 0 Å². The molecule has 1 unspecified atom stereocenters. The molecule has 1 aromatic carbocycles. The Hall–Kier alpha value is -0.820. The molecule has 1 aromatic rings. The molecule has 0 heterocycles. The third kappa shape index (κ3) is 3.39. The van der Waals surface area contributed by atoms with Crippen molar-refractivity contribution in [2.24, 2.45) is 23.7 Å². The minimum absolute atomic E-state index is 0.515. The molecule has 0 aromatic heterocycles. The fourth-order valence-electron chi connectivity index (χ4n) is 3.43. The summed E-state index contributed by atoms with van der Waals surface area (Å²) in [5.74, 6) is 3.71. The monoisotopic (exact) mass is 257 g/mol. The molecule has 3 rings (SSSR count). The SMILES string of the molecule is CC(C)C(NCC(C1CC1)C1CC1)c1ccccc1. The van der Waals surface area contributed by atoms with Gasteiger partial charge in [0.1, 0.15) is 0 Å². The summed E-state index contributed by atoms with van der Waals surface area (Å²) in [5.41, 5.74) is 1.45. The summed E-state index contributed by atoms with van der Waals surface area (Å²) in [5, 5.41) is 3.88. The minimum Gasteiger partial charge on any atom is -0.309 e. The number of rotatable bonds is 7. The van der Waals surface area contributed by atoms with Gasteiger partial charge < -0.3 is 5.32 Å². The van der Waals surface area contributed by atoms with Crippen molar-refractivity contribution in [3.05, 3.63) is 35.9 Å². The van der Waals surface area contributed by atoms with E-state index in [0.717, 1.165) is 17.8 Å². The average Bonchev–Trinajstić information content (AvgIpc) is 3.28. The van der Waals surface area contributed by atoms with Crippen molar-refractivity contribution in [1.29, 1.82) is 0 Å². The molecule has 19 heavy (non-hydrogen) atoms. The second-order valence-corrected chi connectivity index (χ2v) is 6.88. The van der Waals surface area contributed by atoms with Crippen LogP contribution in [0, 0.1) is 23.7 Å². The maximum absolute atomic E-state index is 3.88. The highest BCUT2D eigenvalue weighted by Gasteiger charge is 2.41. The molecule has 104 valence electrons. The van der Waals surface area contributed by atoms with Gasteiger partial charge in [-0.15, -0.1) is 0 Å². The Morgan fingerprint density at radius 2 is 1.58 bits per heavy atom. The zero-order chi connectivity index (χ0) is 13.2. The largest absolute Gasteiger partial charge is 0.309 e. The van der Waals surface area contributed by atoms with E-state index in [4.69, 9.17) is 0 Å². The van der Waals surface area contributed by atoms with Crippen molar-refractivity contribution < 1.29 is 0 Å². The van der Waals surface area contributed by atoms with E-state index in [1.165, 1.54) is 37.8 Å². The first-order valence-corrected chi connectivity index (χ1v) is 8.04. The fraction of sp³-hybridized carbons (Fsp3) is 0.667. The molecular formula is C18H27N. The topological polar surface area (TPSA) is 12.0 Å². The Kier molecular flexibility index (Phi) is 3.93. The van der Waals surface area contributed by atoms with E-state index in [-0.39, 0.29) is 0 Å². The van der Waals surface area contributed by atoms with Gasteiger partial charge in [0.15, 0.2) is 0 Å². The average molecular weight is 257 g/mol. The van der Waals surface area contributed by atoms with Crippen LogP contribution < -0.4 is 5.32 Å². The predicted molar refractivity (Wildman–Crippen MR) is 81.0 cm³/mol. The van der Waals surface area contributed by atoms with Gasteiger partial charge in [-0.25, -0.2) is 0 Å². The first-order valence-electron chi connectivity index (χ1n) is 8.04. The molecule has 1 atom stereocenters. The van der Waals surface area contributed by atoms with E-state index in [1.807, 2.05) is 0 Å². The van der Waals surface area contributed by atoms with Crippen molar-refractivity contribution in [2.45, 2.75) is 45.6 Å². The van der Waals surface area contributed by atoms with Gasteiger partial charge in [-0.05, 0) is 61.5 Å². The highest BCUT2D eigenvalue weighted by Crippen LogP contribution is 2.49. The van der Waals surface area contributed by atoms with Crippen LogP contribution in [0.25, 0.3) is 0 Å². The summed E-state index contributed by atoms with van der Waals surface area (Å²) in [6.45, 7) is 5.88. The summed E-state index contributed by atoms with van der Waals surface area (Å²) in [6, 6.07) is 11.5. The molecule has 0 aliphatic heterocycles. The highest BCUT2D eigenvalue weighted by atomic mass is 14.9. The van der Waals surface area contributed by atoms with Gasteiger partial charge in [-0.2, -0.15) is 0 Å². The Balaban J connectivity index is 1.61. The lowest BCUT2D eigenvalue weighted by molar-refractivity contribution is 0.324. The summed E-state index contributed by atoms with van der Waals surface area (Å²) < 4.78 is 0. The van der Waals surface area contributed by atoms with Gasteiger partial charge in [-0.1, -0.05) is 44.2 Å². The summed E-state index contributed by atoms with van der Waals surface area (Å²) in [7, 11) is 0. The van der Waals surface area contributed by atoms with Crippen molar-refractivity contribution in [3.8, 4) is 0 Å². The third-order valence-electron chi connectivity index (χ3n) is 4.85. The highest BCUT2D eigenvalue weighted by molar-refractivity contribution is 5.19. The Bertz CT molecular complexity index is 377. The van der Waals surface area contributed by atoms with Crippen molar-refractivity contribution in [3.63, 3.8) is 0 Å². The van der Waals surface area contributed by atoms with Gasteiger partial charge in [0.05, 0.1) is 0 Å². The van der Waals surface area contributed by atoms with Crippen LogP contribution in [0.3, 0.4) is 0 Å². The standard InChI is InChI=1S/C18H27N/c1-13(2)18(16-6-4-3-5-7-16)19-12-17(14-8-9-14)15-10-11-15/h3-7,13-15,17-19H,8-12H2,1-2H3. The molecule has 2 aliphatic carbocycles. The number of nitrogens with one attached hydrogen (secondary N) is 1. The zero-order valence-corrected chi connectivity index (χ0v) is 12.3. The third-order valence-corrected chi connectivity index (χ3v) is 4.85. The lowest BCUT2D eigenvalue weighted by Gasteiger charge is -2.26. The molecule has 1 N–H and O–H groups in total. The smallest absolute Gasteiger partial charge is 0.0343 e. The van der Waals surface area contributed by atoms with Crippen LogP contribution in [0.15, 0.2) is 30.3 Å². The molecule has 2 fully saturated rings. The van der Waals surface area contributed by atoms with Crippen molar-refractivity contribution in [1.82, 2.24) is 5.32 Å². The molecule has 2 aliphatic rings. The van der Waals surface area contributed by atoms with E-state index >= 15 is 0 Å². The molecule has 2 saturated carbocycles. The molecule has 1 heteroatoms. The van der Waals surface area contributed by atoms with Crippen LogP contribution in [0.2, 0.25) is 0 Å². The van der Waals surface area contributed by atoms with E-state index in [9.17, 15) is 0 Å². The maximum atomic E-state index is 3.88. The lowest BCUT2D eigenvalue weighted by atomic mass is 9.93. The summed E-state index contributed by atoms with van der Waals surface area (Å²) in [4.78, 5) is 0. The van der Waals surface area contributed by atoms with E-state index in [2.05, 4.69) is 49.5 Å². The Morgan fingerprint density at radius 3 is 2.05 bits per heavy atom. The van der Waals surface area contributed by atoms with Crippen LogP contribution in [0.1, 0.15) is 51.1 Å². The van der Waals surface area contributed by atoms with Crippen LogP contribution in [-0.2, 0) is 0 Å². The van der Waals surface area contributed by atoms with Crippen LogP contribution in [0.4, 0.5) is 0 Å². The van der Waals surface area contributed by atoms with E-state index < -0.39 is 0 Å². The second kappa shape index (κ2) is 5.66. The van der Waals surface area contributed by atoms with Crippen molar-refractivity contribution in [2.75, 3.05) is 6.54 Å². The number of hydrogen-bond donors (Lipinski definition) is 1. The van der Waals surface area contributed by atoms with Gasteiger partial charge in [0, 0.05) is 6.04 Å². The number of benzene rings is 1. The molecule has 0 radical (unpaired) electrons. The minimum atomic E-state index is 0.515. The lowest BCUT2D eigenvalue weighted by Crippen LogP contribution is -2.32. The summed E-state index contributed by atoms with van der Waals surface area (Å²) >= 11 is 0. The maximum Gasteiger partial charge on any atom is 0.0343 e. The van der Waals surface area contributed by atoms with E-state index in [0.29, 0.717) is 12.0 Å². The summed E-state index contributed by atoms with van der Waals surface area (Å²) in [6.07, 6.45) is 5.95. The quantitative estimate of drug-likeness (QED) is 0.763. The predicted octanol–water partition coefficient (Wildman–Crippen LogP) is 4.41. The normalized spacial score (nSPS) is 21.1. The molecule has 0 bridgehead atoms. The van der Waals surface area contributed by atoms with Crippen LogP contribution in [-0.4, -0.2) is 6.54 Å².